The molecule has 3 N–H and O–H groups in total. The Morgan fingerprint density at radius 1 is 1.43 bits per heavy atom. The standard InChI is InChI=1S/C10H12N2O2/c1-7-3-2-4-8(5-7)6-12-10(14)9(11)13/h2-5H,6H2,1H3,(H2,11,13)(H,12,14). The Morgan fingerprint density at radius 2 is 2.14 bits per heavy atom. The van der Waals surface area contributed by atoms with Crippen molar-refractivity contribution < 1.29 is 9.59 Å². The van der Waals surface area contributed by atoms with Gasteiger partial charge in [0.15, 0.2) is 0 Å². The van der Waals surface area contributed by atoms with Crippen LogP contribution in [0.3, 0.4) is 0 Å². The summed E-state index contributed by atoms with van der Waals surface area (Å²) in [7, 11) is 0. The van der Waals surface area contributed by atoms with Gasteiger partial charge in [-0.05, 0) is 12.5 Å². The Morgan fingerprint density at radius 3 is 2.71 bits per heavy atom. The first-order valence-electron chi connectivity index (χ1n) is 4.23. The van der Waals surface area contributed by atoms with Gasteiger partial charge in [0.25, 0.3) is 0 Å². The lowest BCUT2D eigenvalue weighted by Gasteiger charge is -2.03. The molecule has 74 valence electrons. The molecule has 0 heterocycles. The van der Waals surface area contributed by atoms with Gasteiger partial charge in [-0.25, -0.2) is 0 Å². The fourth-order valence-corrected chi connectivity index (χ4v) is 1.09. The van der Waals surface area contributed by atoms with Crippen LogP contribution in [0, 0.1) is 6.92 Å². The number of hydrogen-bond acceptors (Lipinski definition) is 2. The average molecular weight is 192 g/mol. The van der Waals surface area contributed by atoms with Crippen LogP contribution >= 0.6 is 0 Å². The highest BCUT2D eigenvalue weighted by molar-refractivity contribution is 6.34. The fourth-order valence-electron chi connectivity index (χ4n) is 1.09. The fraction of sp³-hybridized carbons (Fsp3) is 0.200. The summed E-state index contributed by atoms with van der Waals surface area (Å²) in [6, 6.07) is 7.65. The van der Waals surface area contributed by atoms with E-state index in [1.807, 2.05) is 31.2 Å². The van der Waals surface area contributed by atoms with Crippen molar-refractivity contribution in [2.75, 3.05) is 0 Å². The summed E-state index contributed by atoms with van der Waals surface area (Å²) in [5.74, 6) is -1.72. The van der Waals surface area contributed by atoms with Gasteiger partial charge >= 0.3 is 11.8 Å². The molecule has 2 amide bonds. The van der Waals surface area contributed by atoms with E-state index in [2.05, 4.69) is 5.32 Å². The highest BCUT2D eigenvalue weighted by atomic mass is 16.2. The molecule has 0 aromatic heterocycles. The summed E-state index contributed by atoms with van der Waals surface area (Å²) in [4.78, 5) is 21.2. The van der Waals surface area contributed by atoms with Gasteiger partial charge in [-0.15, -0.1) is 0 Å². The second-order valence-electron chi connectivity index (χ2n) is 3.04. The summed E-state index contributed by atoms with van der Waals surface area (Å²) in [6.45, 7) is 2.28. The summed E-state index contributed by atoms with van der Waals surface area (Å²) >= 11 is 0. The SMILES string of the molecule is Cc1cccc(CNC(=O)C(N)=O)c1. The maximum atomic E-state index is 10.8. The molecule has 4 heteroatoms. The third-order valence-corrected chi connectivity index (χ3v) is 1.76. The van der Waals surface area contributed by atoms with Crippen LogP contribution in [-0.4, -0.2) is 11.8 Å². The first-order chi connectivity index (χ1) is 6.59. The summed E-state index contributed by atoms with van der Waals surface area (Å²) in [5.41, 5.74) is 6.83. The number of benzene rings is 1. The van der Waals surface area contributed by atoms with Gasteiger partial charge in [0.2, 0.25) is 0 Å². The van der Waals surface area contributed by atoms with Gasteiger partial charge in [0.05, 0.1) is 0 Å². The monoisotopic (exact) mass is 192 g/mol. The molecule has 0 unspecified atom stereocenters. The van der Waals surface area contributed by atoms with Gasteiger partial charge in [-0.1, -0.05) is 29.8 Å². The molecular formula is C10H12N2O2. The van der Waals surface area contributed by atoms with E-state index >= 15 is 0 Å². The van der Waals surface area contributed by atoms with Crippen molar-refractivity contribution in [1.82, 2.24) is 5.32 Å². The van der Waals surface area contributed by atoms with Crippen molar-refractivity contribution in [3.8, 4) is 0 Å². The van der Waals surface area contributed by atoms with Crippen LogP contribution in [0.4, 0.5) is 0 Å². The summed E-state index contributed by atoms with van der Waals surface area (Å²) in [6.07, 6.45) is 0. The molecule has 0 atom stereocenters. The predicted octanol–water partition coefficient (Wildman–Crippen LogP) is 0.0965. The minimum Gasteiger partial charge on any atom is -0.361 e. The van der Waals surface area contributed by atoms with E-state index in [4.69, 9.17) is 5.73 Å². The van der Waals surface area contributed by atoms with Crippen molar-refractivity contribution in [1.29, 1.82) is 0 Å². The van der Waals surface area contributed by atoms with Crippen LogP contribution in [0.1, 0.15) is 11.1 Å². The van der Waals surface area contributed by atoms with Gasteiger partial charge in [0, 0.05) is 6.54 Å². The number of primary amides is 1. The number of hydrogen-bond donors (Lipinski definition) is 2. The van der Waals surface area contributed by atoms with E-state index in [1.165, 1.54) is 0 Å². The molecule has 0 saturated heterocycles. The van der Waals surface area contributed by atoms with E-state index in [1.54, 1.807) is 0 Å². The van der Waals surface area contributed by atoms with Gasteiger partial charge in [0.1, 0.15) is 0 Å². The molecular weight excluding hydrogens is 180 g/mol. The number of nitrogens with two attached hydrogens (primary N) is 1. The molecule has 1 aromatic rings. The van der Waals surface area contributed by atoms with Crippen LogP contribution in [-0.2, 0) is 16.1 Å². The van der Waals surface area contributed by atoms with Crippen LogP contribution in [0.5, 0.6) is 0 Å². The highest BCUT2D eigenvalue weighted by Crippen LogP contribution is 2.02. The van der Waals surface area contributed by atoms with E-state index in [0.717, 1.165) is 11.1 Å². The second kappa shape index (κ2) is 4.41. The molecule has 0 aliphatic heterocycles. The molecule has 0 fully saturated rings. The second-order valence-corrected chi connectivity index (χ2v) is 3.04. The first kappa shape index (κ1) is 10.2. The lowest BCUT2D eigenvalue weighted by Crippen LogP contribution is -2.35. The van der Waals surface area contributed by atoms with E-state index in [0.29, 0.717) is 6.54 Å². The number of amides is 2. The van der Waals surface area contributed by atoms with Gasteiger partial charge in [-0.3, -0.25) is 9.59 Å². The molecule has 0 radical (unpaired) electrons. The van der Waals surface area contributed by atoms with E-state index in [-0.39, 0.29) is 0 Å². The number of nitrogens with one attached hydrogen (secondary N) is 1. The Balaban J connectivity index is 2.54. The van der Waals surface area contributed by atoms with Crippen molar-refractivity contribution in [2.24, 2.45) is 5.73 Å². The number of aryl methyl sites for hydroxylation is 1. The molecule has 1 aromatic carbocycles. The minimum absolute atomic E-state index is 0.323. The number of carbonyl (C=O) groups is 2. The maximum Gasteiger partial charge on any atom is 0.309 e. The number of carbonyl (C=O) groups excluding carboxylic acids is 2. The van der Waals surface area contributed by atoms with E-state index in [9.17, 15) is 9.59 Å². The molecule has 0 aliphatic rings. The summed E-state index contributed by atoms with van der Waals surface area (Å²) in [5, 5.41) is 2.41. The normalized spacial score (nSPS) is 9.50. The third kappa shape index (κ3) is 2.90. The zero-order chi connectivity index (χ0) is 10.6. The smallest absolute Gasteiger partial charge is 0.309 e. The summed E-state index contributed by atoms with van der Waals surface area (Å²) < 4.78 is 0. The molecule has 4 nitrogen and oxygen atoms in total. The molecule has 0 aliphatic carbocycles. The molecule has 1 rings (SSSR count). The predicted molar refractivity (Wildman–Crippen MR) is 52.2 cm³/mol. The first-order valence-corrected chi connectivity index (χ1v) is 4.23. The molecule has 0 bridgehead atoms. The lowest BCUT2D eigenvalue weighted by molar-refractivity contribution is -0.137. The van der Waals surface area contributed by atoms with Crippen LogP contribution in [0.25, 0.3) is 0 Å². The largest absolute Gasteiger partial charge is 0.361 e. The van der Waals surface area contributed by atoms with Crippen LogP contribution in [0.15, 0.2) is 24.3 Å². The molecule has 0 spiro atoms. The zero-order valence-corrected chi connectivity index (χ0v) is 7.91. The van der Waals surface area contributed by atoms with Crippen LogP contribution < -0.4 is 11.1 Å². The zero-order valence-electron chi connectivity index (χ0n) is 7.91. The maximum absolute atomic E-state index is 10.8. The van der Waals surface area contributed by atoms with E-state index < -0.39 is 11.8 Å². The van der Waals surface area contributed by atoms with Crippen molar-refractivity contribution >= 4 is 11.8 Å². The number of rotatable bonds is 2. The van der Waals surface area contributed by atoms with Crippen molar-refractivity contribution in [2.45, 2.75) is 13.5 Å². The molecule has 0 saturated carbocycles. The third-order valence-electron chi connectivity index (χ3n) is 1.76. The Hall–Kier alpha value is -1.84. The molecule has 14 heavy (non-hydrogen) atoms. The topological polar surface area (TPSA) is 72.2 Å². The Labute approximate surface area is 82.1 Å². The highest BCUT2D eigenvalue weighted by Gasteiger charge is 2.06. The average Bonchev–Trinajstić information content (AvgIpc) is 2.14. The minimum atomic E-state index is -0.961. The van der Waals surface area contributed by atoms with Crippen LogP contribution in [0.2, 0.25) is 0 Å². The van der Waals surface area contributed by atoms with Gasteiger partial charge < -0.3 is 11.1 Å². The van der Waals surface area contributed by atoms with Gasteiger partial charge in [-0.2, -0.15) is 0 Å². The Bertz CT molecular complexity index is 361. The lowest BCUT2D eigenvalue weighted by atomic mass is 10.1. The van der Waals surface area contributed by atoms with Crippen molar-refractivity contribution in [3.05, 3.63) is 35.4 Å². The Kier molecular flexibility index (Phi) is 3.23. The quantitative estimate of drug-likeness (QED) is 0.652. The van der Waals surface area contributed by atoms with Crippen molar-refractivity contribution in [3.63, 3.8) is 0 Å².